The number of carbonyl (C=O) groups is 2. The van der Waals surface area contributed by atoms with Crippen molar-refractivity contribution in [1.29, 1.82) is 0 Å². The zero-order valence-corrected chi connectivity index (χ0v) is 13.8. The van der Waals surface area contributed by atoms with Gasteiger partial charge in [0.2, 0.25) is 0 Å². The second kappa shape index (κ2) is 6.87. The SMILES string of the molecule is CCC1SCC(C(=O)O)N1C(=O)N(C)CC1CCCN1C. The fraction of sp³-hybridized carbons (Fsp3) is 0.857. The second-order valence-electron chi connectivity index (χ2n) is 5.90. The van der Waals surface area contributed by atoms with Gasteiger partial charge in [0.25, 0.3) is 0 Å². The molecular formula is C14H25N3O3S. The van der Waals surface area contributed by atoms with Crippen LogP contribution in [0.25, 0.3) is 0 Å². The number of carbonyl (C=O) groups excluding carboxylic acids is 1. The molecule has 0 bridgehead atoms. The smallest absolute Gasteiger partial charge is 0.327 e. The highest BCUT2D eigenvalue weighted by Crippen LogP contribution is 2.32. The Kier molecular flexibility index (Phi) is 5.37. The van der Waals surface area contributed by atoms with Crippen molar-refractivity contribution < 1.29 is 14.7 Å². The number of carboxylic acids is 1. The maximum Gasteiger partial charge on any atom is 0.327 e. The predicted molar refractivity (Wildman–Crippen MR) is 83.5 cm³/mol. The van der Waals surface area contributed by atoms with Gasteiger partial charge in [-0.2, -0.15) is 0 Å². The van der Waals surface area contributed by atoms with Gasteiger partial charge in [-0.3, -0.25) is 4.90 Å². The molecule has 2 fully saturated rings. The molecule has 2 rings (SSSR count). The maximum atomic E-state index is 12.7. The Hall–Kier alpha value is -0.950. The Morgan fingerprint density at radius 3 is 2.67 bits per heavy atom. The fourth-order valence-electron chi connectivity index (χ4n) is 3.13. The quantitative estimate of drug-likeness (QED) is 0.849. The third-order valence-electron chi connectivity index (χ3n) is 4.43. The number of hydrogen-bond acceptors (Lipinski definition) is 4. The normalized spacial score (nSPS) is 29.9. The number of nitrogens with zero attached hydrogens (tertiary/aromatic N) is 3. The van der Waals surface area contributed by atoms with E-state index in [9.17, 15) is 14.7 Å². The zero-order chi connectivity index (χ0) is 15.6. The lowest BCUT2D eigenvalue weighted by atomic mass is 10.2. The summed E-state index contributed by atoms with van der Waals surface area (Å²) in [6.45, 7) is 3.73. The van der Waals surface area contributed by atoms with E-state index in [1.54, 1.807) is 28.6 Å². The molecule has 2 heterocycles. The summed E-state index contributed by atoms with van der Waals surface area (Å²) >= 11 is 1.56. The van der Waals surface area contributed by atoms with Gasteiger partial charge in [-0.1, -0.05) is 6.92 Å². The van der Waals surface area contributed by atoms with Crippen LogP contribution in [0.2, 0.25) is 0 Å². The number of carboxylic acid groups (broad SMARTS) is 1. The third-order valence-corrected chi connectivity index (χ3v) is 5.88. The van der Waals surface area contributed by atoms with E-state index in [-0.39, 0.29) is 11.4 Å². The highest BCUT2D eigenvalue weighted by Gasteiger charge is 2.42. The molecule has 6 nitrogen and oxygen atoms in total. The molecule has 3 unspecified atom stereocenters. The molecular weight excluding hydrogens is 290 g/mol. The van der Waals surface area contributed by atoms with E-state index in [1.165, 1.54) is 0 Å². The van der Waals surface area contributed by atoms with Crippen LogP contribution in [0.3, 0.4) is 0 Å². The lowest BCUT2D eigenvalue weighted by Gasteiger charge is -2.33. The molecule has 0 spiro atoms. The highest BCUT2D eigenvalue weighted by molar-refractivity contribution is 8.00. The monoisotopic (exact) mass is 315 g/mol. The Balaban J connectivity index is 2.03. The van der Waals surface area contributed by atoms with Crippen LogP contribution < -0.4 is 0 Å². The fourth-order valence-corrected chi connectivity index (χ4v) is 4.47. The second-order valence-corrected chi connectivity index (χ2v) is 7.11. The van der Waals surface area contributed by atoms with Crippen molar-refractivity contribution in [3.8, 4) is 0 Å². The summed E-state index contributed by atoms with van der Waals surface area (Å²) in [5.41, 5.74) is 0. The van der Waals surface area contributed by atoms with E-state index in [0.29, 0.717) is 18.3 Å². The number of hydrogen-bond donors (Lipinski definition) is 1. The van der Waals surface area contributed by atoms with Gasteiger partial charge in [-0.15, -0.1) is 11.8 Å². The lowest BCUT2D eigenvalue weighted by molar-refractivity contribution is -0.141. The van der Waals surface area contributed by atoms with Gasteiger partial charge in [0.1, 0.15) is 6.04 Å². The molecule has 0 aromatic rings. The van der Waals surface area contributed by atoms with Gasteiger partial charge >= 0.3 is 12.0 Å². The summed E-state index contributed by atoms with van der Waals surface area (Å²) in [6.07, 6.45) is 3.04. The summed E-state index contributed by atoms with van der Waals surface area (Å²) < 4.78 is 0. The first-order chi connectivity index (χ1) is 9.95. The molecule has 0 radical (unpaired) electrons. The summed E-state index contributed by atoms with van der Waals surface area (Å²) in [6, 6.07) is -0.465. The topological polar surface area (TPSA) is 64.1 Å². The number of aliphatic carboxylic acids is 1. The van der Waals surface area contributed by atoms with Crippen molar-refractivity contribution in [3.05, 3.63) is 0 Å². The van der Waals surface area contributed by atoms with Crippen LogP contribution in [0.15, 0.2) is 0 Å². The lowest BCUT2D eigenvalue weighted by Crippen LogP contribution is -2.52. The molecule has 0 aliphatic carbocycles. The zero-order valence-electron chi connectivity index (χ0n) is 13.0. The van der Waals surface area contributed by atoms with E-state index >= 15 is 0 Å². The number of rotatable bonds is 4. The van der Waals surface area contributed by atoms with Crippen molar-refractivity contribution in [2.75, 3.05) is 32.9 Å². The predicted octanol–water partition coefficient (Wildman–Crippen LogP) is 1.37. The molecule has 0 saturated carbocycles. The average molecular weight is 315 g/mol. The number of urea groups is 1. The summed E-state index contributed by atoms with van der Waals surface area (Å²) in [7, 11) is 3.86. The third kappa shape index (κ3) is 3.45. The number of likely N-dealkylation sites (N-methyl/N-ethyl adjacent to an activating group) is 2. The average Bonchev–Trinajstić information content (AvgIpc) is 3.04. The number of amides is 2. The Morgan fingerprint density at radius 1 is 1.43 bits per heavy atom. The molecule has 0 aromatic carbocycles. The Bertz CT molecular complexity index is 407. The van der Waals surface area contributed by atoms with Crippen LogP contribution >= 0.6 is 11.8 Å². The van der Waals surface area contributed by atoms with Crippen LogP contribution in [0.5, 0.6) is 0 Å². The van der Waals surface area contributed by atoms with Crippen LogP contribution in [0.4, 0.5) is 4.79 Å². The maximum absolute atomic E-state index is 12.7. The van der Waals surface area contributed by atoms with Crippen LogP contribution in [-0.4, -0.2) is 82.2 Å². The van der Waals surface area contributed by atoms with E-state index in [4.69, 9.17) is 0 Å². The molecule has 120 valence electrons. The van der Waals surface area contributed by atoms with Crippen molar-refractivity contribution >= 4 is 23.8 Å². The molecule has 2 saturated heterocycles. The van der Waals surface area contributed by atoms with Gasteiger partial charge in [-0.25, -0.2) is 9.59 Å². The van der Waals surface area contributed by atoms with Crippen molar-refractivity contribution in [3.63, 3.8) is 0 Å². The molecule has 1 N–H and O–H groups in total. The summed E-state index contributed by atoms with van der Waals surface area (Å²) in [5, 5.41) is 9.29. The van der Waals surface area contributed by atoms with Gasteiger partial charge in [-0.05, 0) is 32.9 Å². The summed E-state index contributed by atoms with van der Waals surface area (Å²) in [4.78, 5) is 29.6. The molecule has 2 amide bonds. The number of likely N-dealkylation sites (tertiary alicyclic amines) is 1. The molecule has 2 aliphatic heterocycles. The summed E-state index contributed by atoms with van der Waals surface area (Å²) in [5.74, 6) is -0.422. The van der Waals surface area contributed by atoms with Crippen molar-refractivity contribution in [1.82, 2.24) is 14.7 Å². The Labute approximate surface area is 130 Å². The van der Waals surface area contributed by atoms with Gasteiger partial charge < -0.3 is 14.9 Å². The minimum atomic E-state index is -0.904. The number of thioether (sulfide) groups is 1. The van der Waals surface area contributed by atoms with Crippen molar-refractivity contribution in [2.45, 2.75) is 43.6 Å². The van der Waals surface area contributed by atoms with Crippen LogP contribution in [-0.2, 0) is 4.79 Å². The molecule has 0 aromatic heterocycles. The van der Waals surface area contributed by atoms with Gasteiger partial charge in [0.05, 0.1) is 5.37 Å². The van der Waals surface area contributed by atoms with Crippen LogP contribution in [0, 0.1) is 0 Å². The molecule has 21 heavy (non-hydrogen) atoms. The van der Waals surface area contributed by atoms with Gasteiger partial charge in [0.15, 0.2) is 0 Å². The van der Waals surface area contributed by atoms with E-state index in [2.05, 4.69) is 11.9 Å². The van der Waals surface area contributed by atoms with E-state index in [0.717, 1.165) is 25.8 Å². The van der Waals surface area contributed by atoms with Crippen molar-refractivity contribution in [2.24, 2.45) is 0 Å². The largest absolute Gasteiger partial charge is 0.480 e. The van der Waals surface area contributed by atoms with E-state index < -0.39 is 12.0 Å². The Morgan fingerprint density at radius 2 is 2.14 bits per heavy atom. The first kappa shape index (κ1) is 16.4. The standard InChI is InChI=1S/C14H25N3O3S/c1-4-12-17(11(9-21-12)13(18)19)14(20)16(3)8-10-6-5-7-15(10)2/h10-12H,4-9H2,1-3H3,(H,18,19). The van der Waals surface area contributed by atoms with Gasteiger partial charge in [0, 0.05) is 25.4 Å². The molecule has 2 aliphatic rings. The first-order valence-electron chi connectivity index (χ1n) is 7.53. The van der Waals surface area contributed by atoms with Crippen LogP contribution in [0.1, 0.15) is 26.2 Å². The van der Waals surface area contributed by atoms with E-state index in [1.807, 2.05) is 6.92 Å². The first-order valence-corrected chi connectivity index (χ1v) is 8.58. The molecule has 7 heteroatoms. The minimum Gasteiger partial charge on any atom is -0.480 e. The minimum absolute atomic E-state index is 0.0256. The molecule has 3 atom stereocenters. The highest BCUT2D eigenvalue weighted by atomic mass is 32.2.